The van der Waals surface area contributed by atoms with Crippen LogP contribution in [0.2, 0.25) is 19.6 Å². The minimum atomic E-state index is -1.59. The number of methoxy groups -OCH3 is 2. The highest BCUT2D eigenvalue weighted by molar-refractivity contribution is 6.69. The number of unbranched alkanes of at least 4 members (excludes halogenated alkanes) is 2. The monoisotopic (exact) mass is 554 g/mol. The van der Waals surface area contributed by atoms with Gasteiger partial charge in [0.05, 0.1) is 12.4 Å². The highest BCUT2D eigenvalue weighted by Crippen LogP contribution is 2.40. The molecule has 0 saturated heterocycles. The van der Waals surface area contributed by atoms with E-state index in [1.165, 1.54) is 12.8 Å². The summed E-state index contributed by atoms with van der Waals surface area (Å²) in [6.07, 6.45) is 17.8. The molecule has 1 aliphatic carbocycles. The van der Waals surface area contributed by atoms with E-state index in [9.17, 15) is 4.79 Å². The van der Waals surface area contributed by atoms with Crippen molar-refractivity contribution >= 4 is 14.1 Å². The van der Waals surface area contributed by atoms with Gasteiger partial charge < -0.3 is 23.4 Å². The van der Waals surface area contributed by atoms with Gasteiger partial charge in [0.1, 0.15) is 5.78 Å². The summed E-state index contributed by atoms with van der Waals surface area (Å²) in [5.41, 5.74) is 0. The maximum atomic E-state index is 13.1. The number of ether oxygens (including phenoxy) is 4. The van der Waals surface area contributed by atoms with E-state index in [0.717, 1.165) is 44.9 Å². The van der Waals surface area contributed by atoms with Crippen molar-refractivity contribution in [3.63, 3.8) is 0 Å². The van der Waals surface area contributed by atoms with E-state index < -0.39 is 19.9 Å². The molecule has 1 aliphatic rings. The summed E-state index contributed by atoms with van der Waals surface area (Å²) >= 11 is 0. The van der Waals surface area contributed by atoms with Gasteiger partial charge in [-0.3, -0.25) is 4.79 Å². The maximum absolute atomic E-state index is 13.1. The lowest BCUT2D eigenvalue weighted by atomic mass is 9.85. The molecule has 0 heterocycles. The van der Waals surface area contributed by atoms with Crippen molar-refractivity contribution in [2.45, 2.75) is 142 Å². The number of carbonyl (C=O) groups excluding carboxylic acids is 1. The van der Waals surface area contributed by atoms with Crippen LogP contribution in [0.4, 0.5) is 0 Å². The summed E-state index contributed by atoms with van der Waals surface area (Å²) in [5, 5.41) is 0. The first-order chi connectivity index (χ1) is 17.7. The van der Waals surface area contributed by atoms with Gasteiger partial charge in [-0.1, -0.05) is 38.3 Å². The summed E-state index contributed by atoms with van der Waals surface area (Å²) in [4.78, 5) is 13.1. The van der Waals surface area contributed by atoms with E-state index in [0.29, 0.717) is 18.3 Å². The molecule has 1 rings (SSSR count). The molecule has 0 aromatic carbocycles. The third-order valence-electron chi connectivity index (χ3n) is 7.26. The Balaban J connectivity index is 2.75. The van der Waals surface area contributed by atoms with Crippen molar-refractivity contribution in [1.29, 1.82) is 0 Å². The van der Waals surface area contributed by atoms with Crippen LogP contribution in [0.15, 0.2) is 24.5 Å². The Hall–Kier alpha value is -0.993. The predicted molar refractivity (Wildman–Crippen MR) is 158 cm³/mol. The zero-order valence-electron chi connectivity index (χ0n) is 26.1. The molecule has 1 unspecified atom stereocenters. The van der Waals surface area contributed by atoms with E-state index >= 15 is 0 Å². The Bertz CT molecular complexity index is 724. The zero-order valence-corrected chi connectivity index (χ0v) is 27.1. The van der Waals surface area contributed by atoms with Crippen molar-refractivity contribution in [1.82, 2.24) is 0 Å². The van der Waals surface area contributed by atoms with Gasteiger partial charge in [-0.2, -0.15) is 0 Å². The standard InChI is InChI=1S/C31H58O6Si/c1-11-12-19-25(37-38(8,9)10)20-18-22-27-26(28(32)24-29(27)36-31(4,5)34-7)21-16-14-13-15-17-23-35-30(2,3)33-6/h13,15,17,23,25-27,29H,11-12,14,16,18-22,24H2,1-10H3/b15-13+,23-17+/t25?,26-,27-,29-/m1/s1. The van der Waals surface area contributed by atoms with Gasteiger partial charge in [-0.05, 0) is 84.0 Å². The summed E-state index contributed by atoms with van der Waals surface area (Å²) < 4.78 is 29.2. The quantitative estimate of drug-likeness (QED) is 0.0497. The summed E-state index contributed by atoms with van der Waals surface area (Å²) in [5.74, 6) is -0.711. The molecular weight excluding hydrogens is 496 g/mol. The molecule has 7 heteroatoms. The number of hydrogen-bond donors (Lipinski definition) is 0. The van der Waals surface area contributed by atoms with E-state index in [-0.39, 0.29) is 17.9 Å². The lowest BCUT2D eigenvalue weighted by Gasteiger charge is -2.32. The summed E-state index contributed by atoms with van der Waals surface area (Å²) in [7, 11) is 1.70. The largest absolute Gasteiger partial charge is 0.471 e. The van der Waals surface area contributed by atoms with Crippen LogP contribution >= 0.6 is 0 Å². The molecule has 222 valence electrons. The molecule has 1 fully saturated rings. The highest BCUT2D eigenvalue weighted by atomic mass is 28.4. The van der Waals surface area contributed by atoms with Gasteiger partial charge in [0.2, 0.25) is 5.79 Å². The van der Waals surface area contributed by atoms with Crippen LogP contribution in [0, 0.1) is 11.8 Å². The Morgan fingerprint density at radius 3 is 2.21 bits per heavy atom. The fourth-order valence-electron chi connectivity index (χ4n) is 5.01. The fraction of sp³-hybridized carbons (Fsp3) is 0.839. The summed E-state index contributed by atoms with van der Waals surface area (Å²) in [6.45, 7) is 16.6. The smallest absolute Gasteiger partial charge is 0.203 e. The Morgan fingerprint density at radius 1 is 0.947 bits per heavy atom. The normalized spacial score (nSPS) is 22.2. The number of allylic oxidation sites excluding steroid dienone is 3. The molecule has 38 heavy (non-hydrogen) atoms. The first kappa shape index (κ1) is 35.0. The van der Waals surface area contributed by atoms with Crippen LogP contribution in [0.1, 0.15) is 98.8 Å². The second kappa shape index (κ2) is 17.0. The molecular formula is C31H58O6Si. The van der Waals surface area contributed by atoms with Gasteiger partial charge in [0.25, 0.3) is 0 Å². The van der Waals surface area contributed by atoms with Gasteiger partial charge in [0, 0.05) is 46.5 Å². The van der Waals surface area contributed by atoms with Crippen LogP contribution in [-0.4, -0.2) is 52.1 Å². The SMILES string of the molecule is CCCCC(CCC[C@H]1[C@H](OC(C)(C)OC)CC(=O)[C@@H]1CCC/C=C/C=C/OC(C)(C)OC)O[Si](C)(C)C. The number of Topliss-reactive ketones (excluding diaryl/α,β-unsaturated/α-hetero) is 1. The minimum absolute atomic E-state index is 0.0504. The predicted octanol–water partition coefficient (Wildman–Crippen LogP) is 8.18. The van der Waals surface area contributed by atoms with Crippen LogP contribution in [0.5, 0.6) is 0 Å². The molecule has 0 amide bonds. The first-order valence-corrected chi connectivity index (χ1v) is 18.1. The average molecular weight is 555 g/mol. The summed E-state index contributed by atoms with van der Waals surface area (Å²) in [6, 6.07) is 0. The van der Waals surface area contributed by atoms with E-state index in [2.05, 4.69) is 32.6 Å². The number of rotatable bonds is 20. The molecule has 0 spiro atoms. The number of carbonyl (C=O) groups is 1. The van der Waals surface area contributed by atoms with Crippen LogP contribution in [0.25, 0.3) is 0 Å². The Labute approximate surface area is 235 Å². The van der Waals surface area contributed by atoms with Crippen molar-refractivity contribution in [3.8, 4) is 0 Å². The van der Waals surface area contributed by atoms with Crippen LogP contribution in [-0.2, 0) is 28.2 Å². The third kappa shape index (κ3) is 14.4. The molecule has 4 atom stereocenters. The molecule has 6 nitrogen and oxygen atoms in total. The van der Waals surface area contributed by atoms with Crippen LogP contribution < -0.4 is 0 Å². The van der Waals surface area contributed by atoms with E-state index in [1.54, 1.807) is 20.5 Å². The van der Waals surface area contributed by atoms with Crippen molar-refractivity contribution in [2.75, 3.05) is 14.2 Å². The lowest BCUT2D eigenvalue weighted by molar-refractivity contribution is -0.230. The van der Waals surface area contributed by atoms with Crippen molar-refractivity contribution in [2.24, 2.45) is 11.8 Å². The fourth-order valence-corrected chi connectivity index (χ4v) is 6.24. The Kier molecular flexibility index (Phi) is 15.6. The van der Waals surface area contributed by atoms with Gasteiger partial charge in [-0.15, -0.1) is 0 Å². The second-order valence-electron chi connectivity index (χ2n) is 12.5. The first-order valence-electron chi connectivity index (χ1n) is 14.7. The van der Waals surface area contributed by atoms with Crippen LogP contribution in [0.3, 0.4) is 0 Å². The Morgan fingerprint density at radius 2 is 1.61 bits per heavy atom. The molecule has 0 aromatic rings. The van der Waals surface area contributed by atoms with Gasteiger partial charge in [-0.25, -0.2) is 0 Å². The molecule has 0 aliphatic heterocycles. The lowest BCUT2D eigenvalue weighted by Crippen LogP contribution is -2.35. The molecule has 1 saturated carbocycles. The highest BCUT2D eigenvalue weighted by Gasteiger charge is 2.44. The van der Waals surface area contributed by atoms with Crippen molar-refractivity contribution in [3.05, 3.63) is 24.5 Å². The minimum Gasteiger partial charge on any atom is -0.471 e. The number of hydrogen-bond acceptors (Lipinski definition) is 6. The maximum Gasteiger partial charge on any atom is 0.203 e. The topological polar surface area (TPSA) is 63.2 Å². The zero-order chi connectivity index (χ0) is 28.8. The second-order valence-corrected chi connectivity index (χ2v) is 17.0. The molecule has 0 N–H and O–H groups in total. The molecule has 0 bridgehead atoms. The molecule has 0 radical (unpaired) electrons. The van der Waals surface area contributed by atoms with Crippen molar-refractivity contribution < 1.29 is 28.2 Å². The van der Waals surface area contributed by atoms with Gasteiger partial charge >= 0.3 is 0 Å². The third-order valence-corrected chi connectivity index (χ3v) is 8.30. The van der Waals surface area contributed by atoms with Gasteiger partial charge in [0.15, 0.2) is 14.1 Å². The molecule has 0 aromatic heterocycles. The number of ketones is 1. The van der Waals surface area contributed by atoms with E-state index in [1.807, 2.05) is 39.8 Å². The average Bonchev–Trinajstić information content (AvgIpc) is 3.11. The van der Waals surface area contributed by atoms with E-state index in [4.69, 9.17) is 23.4 Å².